The lowest BCUT2D eigenvalue weighted by Gasteiger charge is -2.21. The predicted octanol–water partition coefficient (Wildman–Crippen LogP) is 6.35. The molecule has 0 radical (unpaired) electrons. The summed E-state index contributed by atoms with van der Waals surface area (Å²) in [5, 5.41) is 5.93. The molecule has 5 rings (SSSR count). The van der Waals surface area contributed by atoms with Gasteiger partial charge in [0.05, 0.1) is 29.1 Å². The topological polar surface area (TPSA) is 117 Å². The second kappa shape index (κ2) is 15.9. The molecule has 10 nitrogen and oxygen atoms in total. The van der Waals surface area contributed by atoms with Crippen LogP contribution < -0.4 is 15.4 Å². The fourth-order valence-electron chi connectivity index (χ4n) is 6.56. The minimum absolute atomic E-state index is 0.0355. The number of ether oxygens (including phenoxy) is 2. The Hall–Kier alpha value is -4.41. The van der Waals surface area contributed by atoms with E-state index in [9.17, 15) is 19.2 Å². The highest BCUT2D eigenvalue weighted by Gasteiger charge is 2.42. The van der Waals surface area contributed by atoms with Gasteiger partial charge in [-0.2, -0.15) is 0 Å². The summed E-state index contributed by atoms with van der Waals surface area (Å²) in [4.78, 5) is 53.2. The zero-order chi connectivity index (χ0) is 33.3. The zero-order valence-corrected chi connectivity index (χ0v) is 27.5. The lowest BCUT2D eigenvalue weighted by molar-refractivity contribution is -0.130. The van der Waals surface area contributed by atoms with Crippen molar-refractivity contribution in [3.8, 4) is 16.9 Å². The molecule has 3 aromatic rings. The van der Waals surface area contributed by atoms with Gasteiger partial charge in [0, 0.05) is 57.7 Å². The maximum absolute atomic E-state index is 12.8. The van der Waals surface area contributed by atoms with Gasteiger partial charge < -0.3 is 24.6 Å². The van der Waals surface area contributed by atoms with E-state index in [2.05, 4.69) is 15.5 Å². The second-order valence-corrected chi connectivity index (χ2v) is 12.6. The number of carbonyl (C=O) groups is 4. The van der Waals surface area contributed by atoms with Crippen LogP contribution in [0.1, 0.15) is 42.5 Å². The third-order valence-corrected chi connectivity index (χ3v) is 9.30. The van der Waals surface area contributed by atoms with Crippen molar-refractivity contribution in [3.63, 3.8) is 0 Å². The zero-order valence-electron chi connectivity index (χ0n) is 26.7. The predicted molar refractivity (Wildman–Crippen MR) is 182 cm³/mol. The van der Waals surface area contributed by atoms with Crippen LogP contribution in [0.2, 0.25) is 5.02 Å². The maximum atomic E-state index is 12.8. The number of fused-ring (bicyclic) bond motifs is 1. The highest BCUT2D eigenvalue weighted by Crippen LogP contribution is 2.40. The number of nitrogens with one attached hydrogen (secondary N) is 2. The van der Waals surface area contributed by atoms with Crippen LogP contribution >= 0.6 is 11.6 Å². The SMILES string of the molecule is COc1cc(NC(=O)CCCN(C)C(=O)CCN2CC3CC(OC(=O)Nc4ccccc4-c4ccccc4)CC3C2)c(Cl)cc1C=O. The molecule has 2 unspecified atom stereocenters. The summed E-state index contributed by atoms with van der Waals surface area (Å²) in [6.07, 6.45) is 2.85. The van der Waals surface area contributed by atoms with Gasteiger partial charge in [-0.05, 0) is 48.8 Å². The van der Waals surface area contributed by atoms with Crippen LogP contribution in [0.15, 0.2) is 66.7 Å². The molecule has 2 fully saturated rings. The summed E-state index contributed by atoms with van der Waals surface area (Å²) in [7, 11) is 3.19. The molecular weight excluding hydrogens is 620 g/mol. The molecule has 248 valence electrons. The highest BCUT2D eigenvalue weighted by molar-refractivity contribution is 6.34. The molecule has 11 heteroatoms. The average molecular weight is 661 g/mol. The van der Waals surface area contributed by atoms with Crippen LogP contribution in [0.4, 0.5) is 16.2 Å². The number of nitrogens with zero attached hydrogens (tertiary/aromatic N) is 2. The minimum atomic E-state index is -0.432. The highest BCUT2D eigenvalue weighted by atomic mass is 35.5. The van der Waals surface area contributed by atoms with Gasteiger partial charge in [-0.15, -0.1) is 0 Å². The fourth-order valence-corrected chi connectivity index (χ4v) is 6.78. The first-order valence-corrected chi connectivity index (χ1v) is 16.3. The third kappa shape index (κ3) is 8.90. The van der Waals surface area contributed by atoms with Crippen LogP contribution in [0.5, 0.6) is 5.75 Å². The Morgan fingerprint density at radius 3 is 2.36 bits per heavy atom. The number of carbonyl (C=O) groups excluding carboxylic acids is 4. The summed E-state index contributed by atoms with van der Waals surface area (Å²) >= 11 is 6.20. The summed E-state index contributed by atoms with van der Waals surface area (Å²) in [6, 6.07) is 20.6. The van der Waals surface area contributed by atoms with E-state index in [-0.39, 0.29) is 29.4 Å². The smallest absolute Gasteiger partial charge is 0.411 e. The van der Waals surface area contributed by atoms with Gasteiger partial charge in [0.2, 0.25) is 11.8 Å². The van der Waals surface area contributed by atoms with E-state index >= 15 is 0 Å². The first-order chi connectivity index (χ1) is 22.7. The van der Waals surface area contributed by atoms with E-state index in [1.54, 1.807) is 11.9 Å². The molecule has 47 heavy (non-hydrogen) atoms. The summed E-state index contributed by atoms with van der Waals surface area (Å²) in [5.74, 6) is 1.00. The lowest BCUT2D eigenvalue weighted by Crippen LogP contribution is -2.33. The first-order valence-electron chi connectivity index (χ1n) is 15.9. The van der Waals surface area contributed by atoms with Crippen molar-refractivity contribution in [1.29, 1.82) is 0 Å². The number of rotatable bonds is 13. The van der Waals surface area contributed by atoms with Crippen LogP contribution in [0, 0.1) is 11.8 Å². The maximum Gasteiger partial charge on any atom is 0.411 e. The second-order valence-electron chi connectivity index (χ2n) is 12.2. The quantitative estimate of drug-likeness (QED) is 0.205. The van der Waals surface area contributed by atoms with Crippen molar-refractivity contribution in [2.75, 3.05) is 51.0 Å². The molecule has 2 atom stereocenters. The lowest BCUT2D eigenvalue weighted by atomic mass is 10.0. The van der Waals surface area contributed by atoms with E-state index in [1.807, 2.05) is 54.6 Å². The van der Waals surface area contributed by atoms with Crippen molar-refractivity contribution < 1.29 is 28.7 Å². The van der Waals surface area contributed by atoms with E-state index in [1.165, 1.54) is 19.2 Å². The van der Waals surface area contributed by atoms with Gasteiger partial charge in [0.25, 0.3) is 0 Å². The summed E-state index contributed by atoms with van der Waals surface area (Å²) < 4.78 is 11.0. The average Bonchev–Trinajstić information content (AvgIpc) is 3.63. The van der Waals surface area contributed by atoms with E-state index in [4.69, 9.17) is 21.1 Å². The summed E-state index contributed by atoms with van der Waals surface area (Å²) in [6.45, 7) is 2.91. The number of aldehydes is 1. The van der Waals surface area contributed by atoms with Crippen molar-refractivity contribution in [2.24, 2.45) is 11.8 Å². The summed E-state index contributed by atoms with van der Waals surface area (Å²) in [5.41, 5.74) is 3.36. The molecule has 1 saturated carbocycles. The minimum Gasteiger partial charge on any atom is -0.496 e. The Morgan fingerprint density at radius 1 is 0.957 bits per heavy atom. The standard InChI is InChI=1S/C36H41ClN4O6/c1-40(15-8-13-34(43)38-32-20-33(46-2)27(23-42)19-30(32)37)35(44)14-16-41-21-25-17-28(18-26(25)22-41)47-36(45)39-31-12-7-6-11-29(31)24-9-4-3-5-10-24/h3-7,9-12,19-20,23,25-26,28H,8,13-18,21-22H2,1-2H3,(H,38,43)(H,39,45). The van der Waals surface area contributed by atoms with E-state index in [0.717, 1.165) is 42.7 Å². The molecule has 3 amide bonds. The van der Waals surface area contributed by atoms with Gasteiger partial charge in [-0.25, -0.2) is 4.79 Å². The van der Waals surface area contributed by atoms with Gasteiger partial charge in [-0.1, -0.05) is 60.1 Å². The molecule has 1 aliphatic carbocycles. The number of halogens is 1. The number of hydrogen-bond acceptors (Lipinski definition) is 7. The van der Waals surface area contributed by atoms with E-state index < -0.39 is 6.09 Å². The fraction of sp³-hybridized carbons (Fsp3) is 0.389. The molecule has 3 aromatic carbocycles. The molecule has 1 saturated heterocycles. The number of amides is 3. The van der Waals surface area contributed by atoms with Crippen LogP contribution in [0.3, 0.4) is 0 Å². The van der Waals surface area contributed by atoms with Crippen molar-refractivity contribution in [1.82, 2.24) is 9.80 Å². The molecule has 0 spiro atoms. The number of methoxy groups -OCH3 is 1. The number of hydrogen-bond donors (Lipinski definition) is 2. The van der Waals surface area contributed by atoms with Crippen molar-refractivity contribution >= 4 is 47.2 Å². The van der Waals surface area contributed by atoms with Crippen LogP contribution in [0.25, 0.3) is 11.1 Å². The number of anilines is 2. The monoisotopic (exact) mass is 660 g/mol. The van der Waals surface area contributed by atoms with Gasteiger partial charge in [0.15, 0.2) is 6.29 Å². The van der Waals surface area contributed by atoms with Gasteiger partial charge in [-0.3, -0.25) is 19.7 Å². The van der Waals surface area contributed by atoms with Gasteiger partial charge >= 0.3 is 6.09 Å². The first kappa shape index (κ1) is 33.9. The third-order valence-electron chi connectivity index (χ3n) is 8.99. The molecule has 2 aliphatic rings. The van der Waals surface area contributed by atoms with Crippen molar-refractivity contribution in [2.45, 2.75) is 38.2 Å². The Balaban J connectivity index is 0.986. The molecule has 2 N–H and O–H groups in total. The molecule has 1 aliphatic heterocycles. The largest absolute Gasteiger partial charge is 0.496 e. The Kier molecular flexibility index (Phi) is 11.5. The molecular formula is C36H41ClN4O6. The Labute approximate surface area is 280 Å². The molecule has 1 heterocycles. The van der Waals surface area contributed by atoms with Crippen LogP contribution in [-0.4, -0.2) is 80.4 Å². The molecule has 0 bridgehead atoms. The molecule has 0 aromatic heterocycles. The Bertz CT molecular complexity index is 1570. The Morgan fingerprint density at radius 2 is 1.66 bits per heavy atom. The number of para-hydroxylation sites is 1. The number of likely N-dealkylation sites (tertiary alicyclic amines) is 1. The van der Waals surface area contributed by atoms with Crippen LogP contribution in [-0.2, 0) is 14.3 Å². The van der Waals surface area contributed by atoms with Gasteiger partial charge in [0.1, 0.15) is 11.9 Å². The van der Waals surface area contributed by atoms with Crippen molar-refractivity contribution in [3.05, 3.63) is 77.3 Å². The van der Waals surface area contributed by atoms with E-state index in [0.29, 0.717) is 61.1 Å². The number of benzene rings is 3. The normalized spacial score (nSPS) is 18.7.